The lowest BCUT2D eigenvalue weighted by Crippen LogP contribution is -1.68. The zero-order valence-electron chi connectivity index (χ0n) is 6.64. The fourth-order valence-electron chi connectivity index (χ4n) is 0.701. The van der Waals surface area contributed by atoms with Gasteiger partial charge in [0.1, 0.15) is 0 Å². The van der Waals surface area contributed by atoms with Gasteiger partial charge in [-0.2, -0.15) is 5.26 Å². The molecular formula is C9H15N. The van der Waals surface area contributed by atoms with Crippen LogP contribution in [0.25, 0.3) is 0 Å². The van der Waals surface area contributed by atoms with Crippen LogP contribution in [0.5, 0.6) is 0 Å². The molecular weight excluding hydrogens is 122 g/mol. The van der Waals surface area contributed by atoms with E-state index in [9.17, 15) is 0 Å². The molecule has 0 spiro atoms. The first-order valence-electron chi connectivity index (χ1n) is 3.93. The summed E-state index contributed by atoms with van der Waals surface area (Å²) in [6, 6.07) is 2.12. The van der Waals surface area contributed by atoms with Gasteiger partial charge in [-0.1, -0.05) is 25.5 Å². The van der Waals surface area contributed by atoms with Crippen molar-refractivity contribution in [3.05, 3.63) is 12.2 Å². The third-order valence-electron chi connectivity index (χ3n) is 1.28. The van der Waals surface area contributed by atoms with Crippen LogP contribution in [-0.4, -0.2) is 0 Å². The average molecular weight is 137 g/mol. The second-order valence-corrected chi connectivity index (χ2v) is 2.31. The van der Waals surface area contributed by atoms with Gasteiger partial charge >= 0.3 is 0 Å². The largest absolute Gasteiger partial charge is 0.198 e. The highest BCUT2D eigenvalue weighted by molar-refractivity contribution is 4.82. The quantitative estimate of drug-likeness (QED) is 0.422. The Hall–Kier alpha value is -0.770. The van der Waals surface area contributed by atoms with E-state index in [-0.39, 0.29) is 0 Å². The van der Waals surface area contributed by atoms with Gasteiger partial charge in [-0.3, -0.25) is 0 Å². The highest BCUT2D eigenvalue weighted by Gasteiger charge is 1.79. The minimum Gasteiger partial charge on any atom is -0.198 e. The summed E-state index contributed by atoms with van der Waals surface area (Å²) in [4.78, 5) is 0. The molecule has 0 unspecified atom stereocenters. The molecule has 0 fully saturated rings. The highest BCUT2D eigenvalue weighted by atomic mass is 14.2. The van der Waals surface area contributed by atoms with E-state index in [1.54, 1.807) is 0 Å². The minimum absolute atomic E-state index is 0.691. The van der Waals surface area contributed by atoms with Crippen LogP contribution < -0.4 is 0 Å². The van der Waals surface area contributed by atoms with E-state index in [0.717, 1.165) is 12.8 Å². The molecule has 10 heavy (non-hydrogen) atoms. The summed E-state index contributed by atoms with van der Waals surface area (Å²) >= 11 is 0. The summed E-state index contributed by atoms with van der Waals surface area (Å²) in [6.07, 6.45) is 9.51. The molecule has 56 valence electrons. The number of nitrogens with zero attached hydrogens (tertiary/aromatic N) is 1. The van der Waals surface area contributed by atoms with Crippen molar-refractivity contribution in [3.8, 4) is 6.07 Å². The van der Waals surface area contributed by atoms with Crippen molar-refractivity contribution in [2.45, 2.75) is 39.0 Å². The Kier molecular flexibility index (Phi) is 7.60. The summed E-state index contributed by atoms with van der Waals surface area (Å²) in [5.41, 5.74) is 0. The molecule has 0 atom stereocenters. The van der Waals surface area contributed by atoms with E-state index in [1.807, 2.05) is 0 Å². The van der Waals surface area contributed by atoms with E-state index in [4.69, 9.17) is 5.26 Å². The van der Waals surface area contributed by atoms with Gasteiger partial charge in [0.15, 0.2) is 0 Å². The Morgan fingerprint density at radius 3 is 2.60 bits per heavy atom. The van der Waals surface area contributed by atoms with Crippen molar-refractivity contribution in [1.82, 2.24) is 0 Å². The molecule has 0 aromatic heterocycles. The van der Waals surface area contributed by atoms with E-state index in [0.29, 0.717) is 6.42 Å². The molecule has 0 aliphatic rings. The van der Waals surface area contributed by atoms with Crippen LogP contribution in [0.4, 0.5) is 0 Å². The van der Waals surface area contributed by atoms with Crippen molar-refractivity contribution < 1.29 is 0 Å². The molecule has 0 amide bonds. The maximum atomic E-state index is 8.19. The van der Waals surface area contributed by atoms with Gasteiger partial charge in [0.25, 0.3) is 0 Å². The molecule has 0 heterocycles. The zero-order chi connectivity index (χ0) is 7.66. The molecule has 0 aromatic carbocycles. The molecule has 0 radical (unpaired) electrons. The lowest BCUT2D eigenvalue weighted by molar-refractivity contribution is 0.866. The highest BCUT2D eigenvalue weighted by Crippen LogP contribution is 1.96. The average Bonchev–Trinajstić information content (AvgIpc) is 1.97. The zero-order valence-corrected chi connectivity index (χ0v) is 6.64. The van der Waals surface area contributed by atoms with Crippen LogP contribution in [0.1, 0.15) is 39.0 Å². The fraction of sp³-hybridized carbons (Fsp3) is 0.667. The van der Waals surface area contributed by atoms with Crippen molar-refractivity contribution >= 4 is 0 Å². The first kappa shape index (κ1) is 9.23. The first-order chi connectivity index (χ1) is 4.91. The minimum atomic E-state index is 0.691. The van der Waals surface area contributed by atoms with Crippen LogP contribution in [0.15, 0.2) is 12.2 Å². The van der Waals surface area contributed by atoms with E-state index in [1.165, 1.54) is 12.8 Å². The Labute approximate surface area is 63.4 Å². The number of hydrogen-bond donors (Lipinski definition) is 0. The standard InChI is InChI=1S/C9H15N/c1-2-3-4-5-6-7-8-9-10/h4-5H,2-3,6-8H2,1H3/b5-4-. The molecule has 1 nitrogen and oxygen atoms in total. The molecule has 0 saturated carbocycles. The third kappa shape index (κ3) is 7.23. The number of nitriles is 1. The van der Waals surface area contributed by atoms with E-state index < -0.39 is 0 Å². The van der Waals surface area contributed by atoms with Gasteiger partial charge in [-0.05, 0) is 19.3 Å². The second-order valence-electron chi connectivity index (χ2n) is 2.31. The van der Waals surface area contributed by atoms with Gasteiger partial charge in [0.2, 0.25) is 0 Å². The number of hydrogen-bond acceptors (Lipinski definition) is 1. The van der Waals surface area contributed by atoms with Crippen LogP contribution in [-0.2, 0) is 0 Å². The van der Waals surface area contributed by atoms with Crippen molar-refractivity contribution in [2.24, 2.45) is 0 Å². The normalized spacial score (nSPS) is 10.0. The van der Waals surface area contributed by atoms with Gasteiger partial charge in [0, 0.05) is 6.42 Å². The molecule has 0 bridgehead atoms. The number of allylic oxidation sites excluding steroid dienone is 2. The molecule has 0 aliphatic carbocycles. The summed E-state index contributed by atoms with van der Waals surface area (Å²) in [5.74, 6) is 0. The smallest absolute Gasteiger partial charge is 0.0621 e. The van der Waals surface area contributed by atoms with Crippen LogP contribution >= 0.6 is 0 Å². The maximum Gasteiger partial charge on any atom is 0.0621 e. The van der Waals surface area contributed by atoms with Gasteiger partial charge < -0.3 is 0 Å². The van der Waals surface area contributed by atoms with Crippen LogP contribution in [0.2, 0.25) is 0 Å². The summed E-state index contributed by atoms with van der Waals surface area (Å²) < 4.78 is 0. The fourth-order valence-corrected chi connectivity index (χ4v) is 0.701. The Balaban J connectivity index is 2.96. The Bertz CT molecular complexity index is 119. The number of unbranched alkanes of at least 4 members (excludes halogenated alkanes) is 3. The summed E-state index contributed by atoms with van der Waals surface area (Å²) in [6.45, 7) is 2.17. The molecule has 0 N–H and O–H groups in total. The monoisotopic (exact) mass is 137 g/mol. The molecule has 1 heteroatoms. The first-order valence-corrected chi connectivity index (χ1v) is 3.93. The summed E-state index contributed by atoms with van der Waals surface area (Å²) in [7, 11) is 0. The predicted octanol–water partition coefficient (Wildman–Crippen LogP) is 3.04. The maximum absolute atomic E-state index is 8.19. The van der Waals surface area contributed by atoms with Gasteiger partial charge in [0.05, 0.1) is 6.07 Å². The van der Waals surface area contributed by atoms with E-state index in [2.05, 4.69) is 25.1 Å². The van der Waals surface area contributed by atoms with E-state index >= 15 is 0 Å². The second kappa shape index (κ2) is 8.23. The molecule has 0 aliphatic heterocycles. The molecule has 0 saturated heterocycles. The SMILES string of the molecule is CCC/C=C\CCCC#N. The Morgan fingerprint density at radius 1 is 1.30 bits per heavy atom. The predicted molar refractivity (Wildman–Crippen MR) is 43.5 cm³/mol. The lowest BCUT2D eigenvalue weighted by Gasteiger charge is -1.86. The van der Waals surface area contributed by atoms with Crippen molar-refractivity contribution in [1.29, 1.82) is 5.26 Å². The number of rotatable bonds is 5. The summed E-state index contributed by atoms with van der Waals surface area (Å²) in [5, 5.41) is 8.19. The van der Waals surface area contributed by atoms with Crippen molar-refractivity contribution in [2.75, 3.05) is 0 Å². The lowest BCUT2D eigenvalue weighted by atomic mass is 10.2. The topological polar surface area (TPSA) is 23.8 Å². The van der Waals surface area contributed by atoms with Crippen LogP contribution in [0.3, 0.4) is 0 Å². The third-order valence-corrected chi connectivity index (χ3v) is 1.28. The molecule has 0 aromatic rings. The molecule has 0 rings (SSSR count). The van der Waals surface area contributed by atoms with Crippen LogP contribution in [0, 0.1) is 11.3 Å². The van der Waals surface area contributed by atoms with Gasteiger partial charge in [-0.15, -0.1) is 0 Å². The Morgan fingerprint density at radius 2 is 2.00 bits per heavy atom. The van der Waals surface area contributed by atoms with Gasteiger partial charge in [-0.25, -0.2) is 0 Å². The van der Waals surface area contributed by atoms with Crippen molar-refractivity contribution in [3.63, 3.8) is 0 Å².